The van der Waals surface area contributed by atoms with Crippen LogP contribution in [0.2, 0.25) is 0 Å². The maximum atomic E-state index is 11.2. The van der Waals surface area contributed by atoms with Crippen LogP contribution in [-0.2, 0) is 23.9 Å². The van der Waals surface area contributed by atoms with Crippen LogP contribution in [0.5, 0.6) is 0 Å². The normalized spacial score (nSPS) is 26.3. The van der Waals surface area contributed by atoms with Crippen molar-refractivity contribution in [2.24, 2.45) is 0 Å². The van der Waals surface area contributed by atoms with Gasteiger partial charge in [0.05, 0.1) is 6.04 Å². The molecule has 5 unspecified atom stereocenters. The SMILES string of the molecule is CC(=O)NC1C(O)C=C(C(=O)O)OC1C(O)C(O)COC(C)=O. The van der Waals surface area contributed by atoms with Gasteiger partial charge in [0, 0.05) is 13.8 Å². The fourth-order valence-corrected chi connectivity index (χ4v) is 2.04. The number of carboxylic acids is 1. The van der Waals surface area contributed by atoms with E-state index in [0.717, 1.165) is 19.9 Å². The Kier molecular flexibility index (Phi) is 6.49. The summed E-state index contributed by atoms with van der Waals surface area (Å²) in [6.45, 7) is 1.69. The summed E-state index contributed by atoms with van der Waals surface area (Å²) in [7, 11) is 0. The molecule has 130 valence electrons. The maximum Gasteiger partial charge on any atom is 0.370 e. The fraction of sp³-hybridized carbons (Fsp3) is 0.615. The number of nitrogens with one attached hydrogen (secondary N) is 1. The van der Waals surface area contributed by atoms with Gasteiger partial charge in [-0.2, -0.15) is 0 Å². The summed E-state index contributed by atoms with van der Waals surface area (Å²) in [6.07, 6.45) is -5.40. The summed E-state index contributed by atoms with van der Waals surface area (Å²) >= 11 is 0. The van der Waals surface area contributed by atoms with Crippen LogP contribution in [0.4, 0.5) is 0 Å². The summed E-state index contributed by atoms with van der Waals surface area (Å²) in [6, 6.07) is -1.20. The summed E-state index contributed by atoms with van der Waals surface area (Å²) in [5.41, 5.74) is 0. The van der Waals surface area contributed by atoms with E-state index in [0.29, 0.717) is 0 Å². The molecule has 1 aliphatic heterocycles. The average molecular weight is 333 g/mol. The molecule has 0 spiro atoms. The monoisotopic (exact) mass is 333 g/mol. The third kappa shape index (κ3) is 5.20. The number of rotatable bonds is 6. The number of ether oxygens (including phenoxy) is 2. The first-order valence-corrected chi connectivity index (χ1v) is 6.70. The maximum absolute atomic E-state index is 11.2. The first-order valence-electron chi connectivity index (χ1n) is 6.70. The average Bonchev–Trinajstić information content (AvgIpc) is 2.45. The predicted octanol–water partition coefficient (Wildman–Crippen LogP) is -2.50. The van der Waals surface area contributed by atoms with E-state index in [-0.39, 0.29) is 0 Å². The molecule has 1 aliphatic rings. The molecule has 1 amide bonds. The van der Waals surface area contributed by atoms with Gasteiger partial charge < -0.3 is 35.2 Å². The fourth-order valence-electron chi connectivity index (χ4n) is 2.04. The molecule has 10 heteroatoms. The Hall–Kier alpha value is -2.17. The first-order chi connectivity index (χ1) is 10.6. The molecule has 0 radical (unpaired) electrons. The van der Waals surface area contributed by atoms with Crippen molar-refractivity contribution in [3.8, 4) is 0 Å². The topological polar surface area (TPSA) is 163 Å². The van der Waals surface area contributed by atoms with E-state index in [1.54, 1.807) is 0 Å². The van der Waals surface area contributed by atoms with Gasteiger partial charge in [-0.25, -0.2) is 4.79 Å². The summed E-state index contributed by atoms with van der Waals surface area (Å²) in [5, 5.41) is 41.1. The van der Waals surface area contributed by atoms with Gasteiger partial charge in [-0.15, -0.1) is 0 Å². The van der Waals surface area contributed by atoms with Crippen molar-refractivity contribution in [3.05, 3.63) is 11.8 Å². The van der Waals surface area contributed by atoms with Crippen LogP contribution in [0, 0.1) is 0 Å². The standard InChI is InChI=1S/C13H19NO9/c1-5(15)14-10-7(17)3-9(13(20)21)23-12(10)11(19)8(18)4-22-6(2)16/h3,7-8,10-12,17-19H,4H2,1-2H3,(H,14,15)(H,20,21). The van der Waals surface area contributed by atoms with E-state index in [1.807, 2.05) is 0 Å². The summed E-state index contributed by atoms with van der Waals surface area (Å²) < 4.78 is 9.61. The molecule has 0 saturated carbocycles. The van der Waals surface area contributed by atoms with Gasteiger partial charge in [0.15, 0.2) is 6.10 Å². The molecule has 5 N–H and O–H groups in total. The number of aliphatic carboxylic acids is 1. The van der Waals surface area contributed by atoms with Gasteiger partial charge in [0.2, 0.25) is 11.7 Å². The van der Waals surface area contributed by atoms with E-state index in [2.05, 4.69) is 10.1 Å². The lowest BCUT2D eigenvalue weighted by molar-refractivity contribution is -0.156. The summed E-state index contributed by atoms with van der Waals surface area (Å²) in [5.74, 6) is -3.37. The minimum Gasteiger partial charge on any atom is -0.478 e. The number of carboxylic acid groups (broad SMARTS) is 1. The van der Waals surface area contributed by atoms with Crippen molar-refractivity contribution < 1.29 is 44.3 Å². The van der Waals surface area contributed by atoms with E-state index < -0.39 is 60.7 Å². The van der Waals surface area contributed by atoms with E-state index in [9.17, 15) is 29.7 Å². The molecule has 0 aromatic rings. The van der Waals surface area contributed by atoms with Crippen LogP contribution < -0.4 is 5.32 Å². The second-order valence-electron chi connectivity index (χ2n) is 5.00. The minimum atomic E-state index is -1.73. The Bertz CT molecular complexity index is 504. The molecular formula is C13H19NO9. The van der Waals surface area contributed by atoms with Crippen molar-refractivity contribution in [1.82, 2.24) is 5.32 Å². The number of carbonyl (C=O) groups excluding carboxylic acids is 2. The van der Waals surface area contributed by atoms with Crippen LogP contribution >= 0.6 is 0 Å². The number of hydrogen-bond donors (Lipinski definition) is 5. The third-order valence-corrected chi connectivity index (χ3v) is 3.08. The largest absolute Gasteiger partial charge is 0.478 e. The Labute approximate surface area is 131 Å². The molecular weight excluding hydrogens is 314 g/mol. The number of aliphatic hydroxyl groups excluding tert-OH is 3. The molecule has 10 nitrogen and oxygen atoms in total. The van der Waals surface area contributed by atoms with Crippen molar-refractivity contribution in [3.63, 3.8) is 0 Å². The number of amides is 1. The highest BCUT2D eigenvalue weighted by atomic mass is 16.6. The van der Waals surface area contributed by atoms with Gasteiger partial charge >= 0.3 is 11.9 Å². The van der Waals surface area contributed by atoms with Crippen LogP contribution in [-0.4, -0.2) is 75.3 Å². The highest BCUT2D eigenvalue weighted by Crippen LogP contribution is 2.23. The van der Waals surface area contributed by atoms with Gasteiger partial charge in [0.1, 0.15) is 24.9 Å². The van der Waals surface area contributed by atoms with Crippen molar-refractivity contribution in [2.75, 3.05) is 6.61 Å². The van der Waals surface area contributed by atoms with Crippen LogP contribution in [0.3, 0.4) is 0 Å². The molecule has 0 bridgehead atoms. The Balaban J connectivity index is 2.96. The number of aliphatic hydroxyl groups is 3. The molecule has 5 atom stereocenters. The van der Waals surface area contributed by atoms with Gasteiger partial charge in [-0.05, 0) is 6.08 Å². The smallest absolute Gasteiger partial charge is 0.370 e. The van der Waals surface area contributed by atoms with Crippen LogP contribution in [0.1, 0.15) is 13.8 Å². The third-order valence-electron chi connectivity index (χ3n) is 3.08. The predicted molar refractivity (Wildman–Crippen MR) is 72.8 cm³/mol. The molecule has 23 heavy (non-hydrogen) atoms. The van der Waals surface area contributed by atoms with Crippen LogP contribution in [0.15, 0.2) is 11.8 Å². The lowest BCUT2D eigenvalue weighted by Gasteiger charge is -2.38. The number of hydrogen-bond acceptors (Lipinski definition) is 8. The van der Waals surface area contributed by atoms with E-state index >= 15 is 0 Å². The van der Waals surface area contributed by atoms with Gasteiger partial charge in [0.25, 0.3) is 0 Å². The van der Waals surface area contributed by atoms with E-state index in [4.69, 9.17) is 9.84 Å². The molecule has 0 aromatic heterocycles. The zero-order valence-electron chi connectivity index (χ0n) is 12.5. The Morgan fingerprint density at radius 1 is 1.35 bits per heavy atom. The second kappa shape index (κ2) is 7.90. The van der Waals surface area contributed by atoms with Gasteiger partial charge in [-0.3, -0.25) is 9.59 Å². The Morgan fingerprint density at radius 2 is 1.96 bits per heavy atom. The second-order valence-corrected chi connectivity index (χ2v) is 5.00. The lowest BCUT2D eigenvalue weighted by Crippen LogP contribution is -2.60. The molecule has 0 fully saturated rings. The Morgan fingerprint density at radius 3 is 2.43 bits per heavy atom. The van der Waals surface area contributed by atoms with E-state index in [1.165, 1.54) is 0 Å². The van der Waals surface area contributed by atoms with Crippen molar-refractivity contribution in [2.45, 2.75) is 44.3 Å². The number of carbonyl (C=O) groups is 3. The molecule has 0 aliphatic carbocycles. The molecule has 0 saturated heterocycles. The summed E-state index contributed by atoms with van der Waals surface area (Å²) in [4.78, 5) is 32.9. The zero-order chi connectivity index (χ0) is 17.7. The highest BCUT2D eigenvalue weighted by Gasteiger charge is 2.43. The minimum absolute atomic E-state index is 0.559. The molecule has 1 rings (SSSR count). The van der Waals surface area contributed by atoms with Crippen molar-refractivity contribution >= 4 is 17.8 Å². The quantitative estimate of drug-likeness (QED) is 0.331. The highest BCUT2D eigenvalue weighted by molar-refractivity contribution is 5.84. The first kappa shape index (κ1) is 18.9. The zero-order valence-corrected chi connectivity index (χ0v) is 12.5. The van der Waals surface area contributed by atoms with Crippen molar-refractivity contribution in [1.29, 1.82) is 0 Å². The lowest BCUT2D eigenvalue weighted by atomic mass is 9.94. The molecule has 0 aromatic carbocycles. The molecule has 1 heterocycles. The van der Waals surface area contributed by atoms with Crippen LogP contribution in [0.25, 0.3) is 0 Å². The van der Waals surface area contributed by atoms with Gasteiger partial charge in [-0.1, -0.05) is 0 Å². The number of esters is 1.